The Hall–Kier alpha value is -2.48. The van der Waals surface area contributed by atoms with Crippen LogP contribution in [-0.4, -0.2) is 15.0 Å². The molecule has 0 saturated carbocycles. The molecular formula is C12H11N5. The summed E-state index contributed by atoms with van der Waals surface area (Å²) < 4.78 is 0. The molecule has 0 aliphatic carbocycles. The van der Waals surface area contributed by atoms with Crippen molar-refractivity contribution in [2.75, 3.05) is 5.32 Å². The topological polar surface area (TPSA) is 74.5 Å². The highest BCUT2D eigenvalue weighted by molar-refractivity contribution is 5.32. The molecule has 0 atom stereocenters. The molecule has 0 spiro atoms. The van der Waals surface area contributed by atoms with Gasteiger partial charge in [-0.15, -0.1) is 0 Å². The minimum Gasteiger partial charge on any atom is -0.350 e. The van der Waals surface area contributed by atoms with Crippen LogP contribution in [0, 0.1) is 18.3 Å². The lowest BCUT2D eigenvalue weighted by molar-refractivity contribution is 1.02. The third-order valence-electron chi connectivity index (χ3n) is 2.34. The van der Waals surface area contributed by atoms with Crippen LogP contribution in [0.25, 0.3) is 0 Å². The summed E-state index contributed by atoms with van der Waals surface area (Å²) in [5, 5.41) is 11.8. The van der Waals surface area contributed by atoms with E-state index in [4.69, 9.17) is 5.26 Å². The Kier molecular flexibility index (Phi) is 3.26. The van der Waals surface area contributed by atoms with Gasteiger partial charge in [0.05, 0.1) is 0 Å². The van der Waals surface area contributed by atoms with E-state index in [2.05, 4.69) is 20.3 Å². The summed E-state index contributed by atoms with van der Waals surface area (Å²) >= 11 is 0. The smallest absolute Gasteiger partial charge is 0.224 e. The van der Waals surface area contributed by atoms with Crippen molar-refractivity contribution in [3.63, 3.8) is 0 Å². The summed E-state index contributed by atoms with van der Waals surface area (Å²) in [5.74, 6) is 0.459. The molecular weight excluding hydrogens is 214 g/mol. The summed E-state index contributed by atoms with van der Waals surface area (Å²) in [4.78, 5) is 12.1. The molecule has 0 aromatic carbocycles. The van der Waals surface area contributed by atoms with Crippen molar-refractivity contribution in [1.82, 2.24) is 15.0 Å². The zero-order valence-corrected chi connectivity index (χ0v) is 9.38. The van der Waals surface area contributed by atoms with Gasteiger partial charge < -0.3 is 5.32 Å². The van der Waals surface area contributed by atoms with E-state index < -0.39 is 0 Å². The van der Waals surface area contributed by atoms with E-state index in [1.807, 2.05) is 25.3 Å². The molecule has 2 rings (SSSR count). The zero-order chi connectivity index (χ0) is 12.1. The van der Waals surface area contributed by atoms with Crippen LogP contribution >= 0.6 is 0 Å². The minimum atomic E-state index is 0.356. The number of anilines is 1. The molecule has 84 valence electrons. The number of nitrogens with zero attached hydrogens (tertiary/aromatic N) is 4. The predicted molar refractivity (Wildman–Crippen MR) is 63.0 cm³/mol. The lowest BCUT2D eigenvalue weighted by Gasteiger charge is -2.06. The Morgan fingerprint density at radius 3 is 3.00 bits per heavy atom. The Labute approximate surface area is 99.2 Å². The Bertz CT molecular complexity index is 559. The Morgan fingerprint density at radius 1 is 1.35 bits per heavy atom. The molecule has 0 unspecified atom stereocenters. The van der Waals surface area contributed by atoms with Crippen LogP contribution < -0.4 is 5.32 Å². The summed E-state index contributed by atoms with van der Waals surface area (Å²) in [6.45, 7) is 2.61. The highest BCUT2D eigenvalue weighted by atomic mass is 15.1. The number of aryl methyl sites for hydroxylation is 1. The highest BCUT2D eigenvalue weighted by Gasteiger charge is 2.00. The lowest BCUT2D eigenvalue weighted by atomic mass is 10.1. The monoisotopic (exact) mass is 225 g/mol. The lowest BCUT2D eigenvalue weighted by Crippen LogP contribution is -2.05. The van der Waals surface area contributed by atoms with Crippen LogP contribution in [0.5, 0.6) is 0 Å². The van der Waals surface area contributed by atoms with E-state index in [9.17, 15) is 0 Å². The van der Waals surface area contributed by atoms with Crippen molar-refractivity contribution in [2.45, 2.75) is 13.5 Å². The van der Waals surface area contributed by atoms with Crippen molar-refractivity contribution in [3.05, 3.63) is 47.5 Å². The Morgan fingerprint density at radius 2 is 2.24 bits per heavy atom. The average molecular weight is 225 g/mol. The fraction of sp³-hybridized carbons (Fsp3) is 0.167. The van der Waals surface area contributed by atoms with Gasteiger partial charge in [-0.3, -0.25) is 4.98 Å². The SMILES string of the molecule is Cc1cnccc1CNc1nccc(C#N)n1. The fourth-order valence-electron chi connectivity index (χ4n) is 1.38. The summed E-state index contributed by atoms with van der Waals surface area (Å²) in [7, 11) is 0. The van der Waals surface area contributed by atoms with Gasteiger partial charge >= 0.3 is 0 Å². The van der Waals surface area contributed by atoms with Crippen LogP contribution in [-0.2, 0) is 6.54 Å². The number of nitriles is 1. The summed E-state index contributed by atoms with van der Waals surface area (Å²) in [5.41, 5.74) is 2.59. The van der Waals surface area contributed by atoms with Gasteiger partial charge in [-0.05, 0) is 30.2 Å². The van der Waals surface area contributed by atoms with Crippen LogP contribution in [0.4, 0.5) is 5.95 Å². The summed E-state index contributed by atoms with van der Waals surface area (Å²) in [6.07, 6.45) is 5.12. The number of hydrogen-bond acceptors (Lipinski definition) is 5. The standard InChI is InChI=1S/C12H11N5/c1-9-7-14-4-2-10(9)8-16-12-15-5-3-11(6-13)17-12/h2-5,7H,8H2,1H3,(H,15,16,17). The molecule has 0 amide bonds. The maximum atomic E-state index is 8.72. The largest absolute Gasteiger partial charge is 0.350 e. The maximum absolute atomic E-state index is 8.72. The van der Waals surface area contributed by atoms with Gasteiger partial charge in [0.1, 0.15) is 11.8 Å². The number of hydrogen-bond donors (Lipinski definition) is 1. The number of aromatic nitrogens is 3. The zero-order valence-electron chi connectivity index (χ0n) is 9.38. The first kappa shape index (κ1) is 11.0. The fourth-order valence-corrected chi connectivity index (χ4v) is 1.38. The molecule has 0 fully saturated rings. The molecule has 2 aromatic rings. The first-order valence-electron chi connectivity index (χ1n) is 5.16. The molecule has 17 heavy (non-hydrogen) atoms. The van der Waals surface area contributed by atoms with Gasteiger partial charge in [-0.25, -0.2) is 9.97 Å². The van der Waals surface area contributed by atoms with Crippen molar-refractivity contribution < 1.29 is 0 Å². The molecule has 0 aliphatic rings. The quantitative estimate of drug-likeness (QED) is 0.859. The molecule has 2 heterocycles. The normalized spacial score (nSPS) is 9.65. The molecule has 0 aliphatic heterocycles. The first-order chi connectivity index (χ1) is 8.29. The minimum absolute atomic E-state index is 0.356. The van der Waals surface area contributed by atoms with E-state index in [0.29, 0.717) is 18.2 Å². The second-order valence-electron chi connectivity index (χ2n) is 3.53. The van der Waals surface area contributed by atoms with Gasteiger partial charge in [0.2, 0.25) is 5.95 Å². The number of pyridine rings is 1. The molecule has 0 bridgehead atoms. The van der Waals surface area contributed by atoms with Crippen molar-refractivity contribution in [3.8, 4) is 6.07 Å². The van der Waals surface area contributed by atoms with Gasteiger partial charge in [0, 0.05) is 25.1 Å². The molecule has 2 aromatic heterocycles. The highest BCUT2D eigenvalue weighted by Crippen LogP contribution is 2.07. The average Bonchev–Trinajstić information content (AvgIpc) is 2.38. The van der Waals surface area contributed by atoms with Gasteiger partial charge in [-0.2, -0.15) is 5.26 Å². The van der Waals surface area contributed by atoms with Crippen LogP contribution in [0.3, 0.4) is 0 Å². The predicted octanol–water partition coefficient (Wildman–Crippen LogP) is 1.66. The van der Waals surface area contributed by atoms with Crippen LogP contribution in [0.2, 0.25) is 0 Å². The number of rotatable bonds is 3. The first-order valence-corrected chi connectivity index (χ1v) is 5.16. The molecule has 0 radical (unpaired) electrons. The third kappa shape index (κ3) is 2.75. The van der Waals surface area contributed by atoms with E-state index in [0.717, 1.165) is 11.1 Å². The second kappa shape index (κ2) is 5.03. The van der Waals surface area contributed by atoms with Gasteiger partial charge in [-0.1, -0.05) is 0 Å². The Balaban J connectivity index is 2.08. The van der Waals surface area contributed by atoms with E-state index >= 15 is 0 Å². The number of nitrogens with one attached hydrogen (secondary N) is 1. The van der Waals surface area contributed by atoms with Crippen LogP contribution in [0.1, 0.15) is 16.8 Å². The van der Waals surface area contributed by atoms with Crippen LogP contribution in [0.15, 0.2) is 30.7 Å². The van der Waals surface area contributed by atoms with Gasteiger partial charge in [0.15, 0.2) is 0 Å². The van der Waals surface area contributed by atoms with Crippen molar-refractivity contribution in [2.24, 2.45) is 0 Å². The van der Waals surface area contributed by atoms with E-state index in [-0.39, 0.29) is 0 Å². The molecule has 5 nitrogen and oxygen atoms in total. The van der Waals surface area contributed by atoms with Crippen molar-refractivity contribution in [1.29, 1.82) is 5.26 Å². The molecule has 5 heteroatoms. The maximum Gasteiger partial charge on any atom is 0.224 e. The second-order valence-corrected chi connectivity index (χ2v) is 3.53. The third-order valence-corrected chi connectivity index (χ3v) is 2.34. The van der Waals surface area contributed by atoms with Gasteiger partial charge in [0.25, 0.3) is 0 Å². The summed E-state index contributed by atoms with van der Waals surface area (Å²) in [6, 6.07) is 5.49. The van der Waals surface area contributed by atoms with Crippen molar-refractivity contribution >= 4 is 5.95 Å². The van der Waals surface area contributed by atoms with E-state index in [1.165, 1.54) is 0 Å². The molecule has 0 saturated heterocycles. The molecule has 1 N–H and O–H groups in total. The van der Waals surface area contributed by atoms with E-state index in [1.54, 1.807) is 18.5 Å².